The van der Waals surface area contributed by atoms with Crippen LogP contribution in [0.15, 0.2) is 12.3 Å². The molecule has 0 amide bonds. The van der Waals surface area contributed by atoms with Crippen LogP contribution in [0.2, 0.25) is 0 Å². The molecular formula is C7H13NO. The zero-order valence-corrected chi connectivity index (χ0v) is 5.71. The van der Waals surface area contributed by atoms with E-state index < -0.39 is 0 Å². The third kappa shape index (κ3) is 1.72. The molecule has 2 atom stereocenters. The van der Waals surface area contributed by atoms with Crippen molar-refractivity contribution in [3.63, 3.8) is 0 Å². The molecule has 0 spiro atoms. The molecule has 0 aromatic heterocycles. The van der Waals surface area contributed by atoms with Gasteiger partial charge in [-0.15, -0.1) is 0 Å². The maximum atomic E-state index is 5.43. The summed E-state index contributed by atoms with van der Waals surface area (Å²) in [6.45, 7) is 2.09. The van der Waals surface area contributed by atoms with Gasteiger partial charge in [0.15, 0.2) is 0 Å². The average Bonchev–Trinajstić information content (AvgIpc) is 2.17. The van der Waals surface area contributed by atoms with Crippen LogP contribution in [-0.4, -0.2) is 12.2 Å². The fourth-order valence-electron chi connectivity index (χ4n) is 1.10. The standard InChI is InChI=1S/C7H13NO/c1-6-2-3-7(9-6)4-5-8/h4-7H,2-3,8H2,1H3/b5-4+. The maximum absolute atomic E-state index is 5.43. The van der Waals surface area contributed by atoms with E-state index in [-0.39, 0.29) is 6.10 Å². The van der Waals surface area contributed by atoms with Crippen molar-refractivity contribution in [1.29, 1.82) is 0 Å². The van der Waals surface area contributed by atoms with Crippen LogP contribution in [0.3, 0.4) is 0 Å². The molecule has 0 radical (unpaired) electrons. The minimum absolute atomic E-state index is 0.282. The van der Waals surface area contributed by atoms with Crippen LogP contribution in [0.5, 0.6) is 0 Å². The number of hydrogen-bond donors (Lipinski definition) is 1. The molecule has 0 aromatic carbocycles. The molecule has 2 N–H and O–H groups in total. The first-order valence-corrected chi connectivity index (χ1v) is 3.37. The van der Waals surface area contributed by atoms with Gasteiger partial charge in [0.1, 0.15) is 0 Å². The summed E-state index contributed by atoms with van der Waals surface area (Å²) >= 11 is 0. The molecule has 1 aliphatic heterocycles. The van der Waals surface area contributed by atoms with Gasteiger partial charge >= 0.3 is 0 Å². The second-order valence-electron chi connectivity index (χ2n) is 2.45. The van der Waals surface area contributed by atoms with Crippen molar-refractivity contribution in [3.8, 4) is 0 Å². The summed E-state index contributed by atoms with van der Waals surface area (Å²) in [5, 5.41) is 0. The van der Waals surface area contributed by atoms with E-state index in [1.165, 1.54) is 0 Å². The smallest absolute Gasteiger partial charge is 0.0777 e. The number of rotatable bonds is 1. The molecule has 0 bridgehead atoms. The Morgan fingerprint density at radius 3 is 2.78 bits per heavy atom. The summed E-state index contributed by atoms with van der Waals surface area (Å²) in [6, 6.07) is 0. The highest BCUT2D eigenvalue weighted by Gasteiger charge is 2.18. The van der Waals surface area contributed by atoms with Crippen molar-refractivity contribution in [3.05, 3.63) is 12.3 Å². The van der Waals surface area contributed by atoms with E-state index >= 15 is 0 Å². The van der Waals surface area contributed by atoms with Crippen LogP contribution in [-0.2, 0) is 4.74 Å². The van der Waals surface area contributed by atoms with E-state index in [9.17, 15) is 0 Å². The second-order valence-corrected chi connectivity index (χ2v) is 2.45. The van der Waals surface area contributed by atoms with E-state index in [0.717, 1.165) is 12.8 Å². The van der Waals surface area contributed by atoms with Crippen LogP contribution in [0.4, 0.5) is 0 Å². The first-order chi connectivity index (χ1) is 4.33. The van der Waals surface area contributed by atoms with Gasteiger partial charge in [0, 0.05) is 0 Å². The van der Waals surface area contributed by atoms with E-state index in [1.807, 2.05) is 6.08 Å². The Labute approximate surface area is 55.7 Å². The van der Waals surface area contributed by atoms with Gasteiger partial charge in [-0.2, -0.15) is 0 Å². The number of hydrogen-bond acceptors (Lipinski definition) is 2. The van der Waals surface area contributed by atoms with Gasteiger partial charge in [0.25, 0.3) is 0 Å². The molecule has 52 valence electrons. The molecule has 1 heterocycles. The summed E-state index contributed by atoms with van der Waals surface area (Å²) in [6.07, 6.45) is 6.45. The van der Waals surface area contributed by atoms with Gasteiger partial charge in [-0.3, -0.25) is 0 Å². The Bertz CT molecular complexity index is 111. The largest absolute Gasteiger partial charge is 0.405 e. The van der Waals surface area contributed by atoms with Gasteiger partial charge < -0.3 is 10.5 Å². The van der Waals surface area contributed by atoms with Crippen LogP contribution in [0.1, 0.15) is 19.8 Å². The molecule has 1 saturated heterocycles. The first kappa shape index (κ1) is 6.62. The summed E-state index contributed by atoms with van der Waals surface area (Å²) in [4.78, 5) is 0. The topological polar surface area (TPSA) is 35.2 Å². The number of nitrogens with two attached hydrogens (primary N) is 1. The van der Waals surface area contributed by atoms with Crippen molar-refractivity contribution in [1.82, 2.24) is 0 Å². The predicted molar refractivity (Wildman–Crippen MR) is 36.9 cm³/mol. The Balaban J connectivity index is 2.30. The Morgan fingerprint density at radius 2 is 2.33 bits per heavy atom. The van der Waals surface area contributed by atoms with Crippen LogP contribution >= 0.6 is 0 Å². The fraction of sp³-hybridized carbons (Fsp3) is 0.714. The second kappa shape index (κ2) is 2.87. The quantitative estimate of drug-likeness (QED) is 0.571. The lowest BCUT2D eigenvalue weighted by molar-refractivity contribution is 0.0832. The summed E-state index contributed by atoms with van der Waals surface area (Å²) < 4.78 is 5.43. The Morgan fingerprint density at radius 1 is 1.56 bits per heavy atom. The maximum Gasteiger partial charge on any atom is 0.0777 e. The van der Waals surface area contributed by atoms with Crippen LogP contribution in [0, 0.1) is 0 Å². The third-order valence-corrected chi connectivity index (χ3v) is 1.59. The van der Waals surface area contributed by atoms with Crippen LogP contribution in [0.25, 0.3) is 0 Å². The fourth-order valence-corrected chi connectivity index (χ4v) is 1.10. The SMILES string of the molecule is CC1CCC(/C=C/N)O1. The van der Waals surface area contributed by atoms with Gasteiger partial charge in [0.2, 0.25) is 0 Å². The predicted octanol–water partition coefficient (Wildman–Crippen LogP) is 1.03. The molecule has 2 heteroatoms. The van der Waals surface area contributed by atoms with E-state index in [1.54, 1.807) is 6.20 Å². The van der Waals surface area contributed by atoms with Crippen molar-refractivity contribution >= 4 is 0 Å². The summed E-state index contributed by atoms with van der Waals surface area (Å²) in [5.41, 5.74) is 5.19. The normalized spacial score (nSPS) is 36.1. The molecule has 2 nitrogen and oxygen atoms in total. The monoisotopic (exact) mass is 127 g/mol. The van der Waals surface area contributed by atoms with Crippen molar-refractivity contribution in [2.24, 2.45) is 5.73 Å². The molecule has 2 unspecified atom stereocenters. The molecule has 0 saturated carbocycles. The van der Waals surface area contributed by atoms with E-state index in [0.29, 0.717) is 6.10 Å². The minimum Gasteiger partial charge on any atom is -0.405 e. The van der Waals surface area contributed by atoms with Crippen LogP contribution < -0.4 is 5.73 Å². The molecule has 1 rings (SSSR count). The van der Waals surface area contributed by atoms with Crippen molar-refractivity contribution in [2.45, 2.75) is 32.0 Å². The van der Waals surface area contributed by atoms with Gasteiger partial charge in [-0.1, -0.05) is 0 Å². The van der Waals surface area contributed by atoms with Gasteiger partial charge in [-0.05, 0) is 32.0 Å². The highest BCUT2D eigenvalue weighted by molar-refractivity contribution is 4.89. The zero-order valence-electron chi connectivity index (χ0n) is 5.71. The van der Waals surface area contributed by atoms with Crippen molar-refractivity contribution in [2.75, 3.05) is 0 Å². The first-order valence-electron chi connectivity index (χ1n) is 3.37. The zero-order chi connectivity index (χ0) is 6.69. The summed E-state index contributed by atoms with van der Waals surface area (Å²) in [5.74, 6) is 0. The van der Waals surface area contributed by atoms with Gasteiger partial charge in [0.05, 0.1) is 12.2 Å². The minimum atomic E-state index is 0.282. The molecule has 0 aliphatic carbocycles. The van der Waals surface area contributed by atoms with E-state index in [2.05, 4.69) is 6.92 Å². The van der Waals surface area contributed by atoms with Gasteiger partial charge in [-0.25, -0.2) is 0 Å². The lowest BCUT2D eigenvalue weighted by atomic mass is 10.2. The molecule has 1 fully saturated rings. The van der Waals surface area contributed by atoms with Crippen molar-refractivity contribution < 1.29 is 4.74 Å². The third-order valence-electron chi connectivity index (χ3n) is 1.59. The number of ether oxygens (including phenoxy) is 1. The molecule has 0 aromatic rings. The Kier molecular flexibility index (Phi) is 2.11. The summed E-state index contributed by atoms with van der Waals surface area (Å²) in [7, 11) is 0. The average molecular weight is 127 g/mol. The lowest BCUT2D eigenvalue weighted by Crippen LogP contribution is -2.04. The molecular weight excluding hydrogens is 114 g/mol. The lowest BCUT2D eigenvalue weighted by Gasteiger charge is -2.03. The molecule has 1 aliphatic rings. The molecule has 9 heavy (non-hydrogen) atoms. The Hall–Kier alpha value is -0.500. The highest BCUT2D eigenvalue weighted by atomic mass is 16.5. The highest BCUT2D eigenvalue weighted by Crippen LogP contribution is 2.19. The van der Waals surface area contributed by atoms with E-state index in [4.69, 9.17) is 10.5 Å².